The first-order chi connectivity index (χ1) is 15.1. The van der Waals surface area contributed by atoms with E-state index in [1.807, 2.05) is 37.3 Å². The van der Waals surface area contributed by atoms with Crippen molar-refractivity contribution in [3.8, 4) is 17.0 Å². The van der Waals surface area contributed by atoms with Gasteiger partial charge in [-0.15, -0.1) is 0 Å². The maximum absolute atomic E-state index is 11.8. The molecule has 31 heavy (non-hydrogen) atoms. The van der Waals surface area contributed by atoms with Gasteiger partial charge in [-0.1, -0.05) is 49.7 Å². The predicted molar refractivity (Wildman–Crippen MR) is 124 cm³/mol. The molecule has 3 aromatic rings. The number of anilines is 2. The molecule has 0 aliphatic rings. The molecule has 1 atom stereocenters. The van der Waals surface area contributed by atoms with E-state index in [2.05, 4.69) is 40.0 Å². The van der Waals surface area contributed by atoms with Crippen molar-refractivity contribution in [3.63, 3.8) is 0 Å². The molecule has 0 radical (unpaired) electrons. The van der Waals surface area contributed by atoms with Gasteiger partial charge in [0, 0.05) is 12.1 Å². The summed E-state index contributed by atoms with van der Waals surface area (Å²) in [7, 11) is 1.57. The van der Waals surface area contributed by atoms with Crippen molar-refractivity contribution in [2.24, 2.45) is 0 Å². The Balaban J connectivity index is 1.82. The van der Waals surface area contributed by atoms with Gasteiger partial charge in [0.25, 0.3) is 0 Å². The van der Waals surface area contributed by atoms with Crippen LogP contribution in [0.2, 0.25) is 0 Å². The number of amides is 2. The highest BCUT2D eigenvalue weighted by molar-refractivity contribution is 5.91. The lowest BCUT2D eigenvalue weighted by molar-refractivity contribution is 0.252. The smallest absolute Gasteiger partial charge is 0.319 e. The number of nitrogens with zero attached hydrogens (tertiary/aromatic N) is 2. The van der Waals surface area contributed by atoms with Crippen molar-refractivity contribution in [1.82, 2.24) is 15.3 Å². The van der Waals surface area contributed by atoms with Gasteiger partial charge in [0.2, 0.25) is 0 Å². The van der Waals surface area contributed by atoms with E-state index in [1.54, 1.807) is 25.6 Å². The number of ether oxygens (including phenoxy) is 1. The van der Waals surface area contributed by atoms with Gasteiger partial charge in [-0.05, 0) is 31.0 Å². The molecule has 1 heterocycles. The molecule has 3 N–H and O–H groups in total. The lowest BCUT2D eigenvalue weighted by Gasteiger charge is -2.19. The standard InChI is InChI=1S/C24H29N5O2/c1-4-9-19(17-10-7-6-8-11-17)27-23-16-25-15-21(28-23)18-12-13-20(22(14-18)31-3)29-24(30)26-5-2/h6-8,10-16,19H,4-5,9H2,1-3H3,(H,27,28)(H2,26,29,30)/t19-/m0/s1. The number of hydrogen-bond donors (Lipinski definition) is 3. The van der Waals surface area contributed by atoms with Crippen molar-refractivity contribution in [2.45, 2.75) is 32.7 Å². The maximum Gasteiger partial charge on any atom is 0.319 e. The largest absolute Gasteiger partial charge is 0.495 e. The summed E-state index contributed by atoms with van der Waals surface area (Å²) in [4.78, 5) is 21.0. The minimum absolute atomic E-state index is 0.161. The molecular weight excluding hydrogens is 390 g/mol. The quantitative estimate of drug-likeness (QED) is 0.441. The third-order valence-electron chi connectivity index (χ3n) is 4.82. The van der Waals surface area contributed by atoms with E-state index in [4.69, 9.17) is 9.72 Å². The fourth-order valence-corrected chi connectivity index (χ4v) is 3.33. The number of carbonyl (C=O) groups excluding carboxylic acids is 1. The minimum Gasteiger partial charge on any atom is -0.495 e. The molecule has 7 nitrogen and oxygen atoms in total. The van der Waals surface area contributed by atoms with Crippen LogP contribution in [-0.4, -0.2) is 29.7 Å². The average Bonchev–Trinajstić information content (AvgIpc) is 2.80. The Morgan fingerprint density at radius 2 is 1.90 bits per heavy atom. The third kappa shape index (κ3) is 5.94. The summed E-state index contributed by atoms with van der Waals surface area (Å²) in [5.74, 6) is 1.26. The number of carbonyl (C=O) groups is 1. The molecule has 162 valence electrons. The van der Waals surface area contributed by atoms with E-state index in [9.17, 15) is 4.79 Å². The Hall–Kier alpha value is -3.61. The van der Waals surface area contributed by atoms with Gasteiger partial charge in [0.15, 0.2) is 0 Å². The number of methoxy groups -OCH3 is 1. The fourth-order valence-electron chi connectivity index (χ4n) is 3.33. The van der Waals surface area contributed by atoms with Gasteiger partial charge in [-0.2, -0.15) is 0 Å². The van der Waals surface area contributed by atoms with Crippen molar-refractivity contribution >= 4 is 17.5 Å². The van der Waals surface area contributed by atoms with Gasteiger partial charge in [0.05, 0.1) is 36.9 Å². The van der Waals surface area contributed by atoms with Crippen LogP contribution in [-0.2, 0) is 0 Å². The Kier molecular flexibility index (Phi) is 7.81. The Morgan fingerprint density at radius 1 is 1.10 bits per heavy atom. The maximum atomic E-state index is 11.8. The number of hydrogen-bond acceptors (Lipinski definition) is 5. The summed E-state index contributed by atoms with van der Waals surface area (Å²) in [6.45, 7) is 4.58. The van der Waals surface area contributed by atoms with Crippen LogP contribution >= 0.6 is 0 Å². The van der Waals surface area contributed by atoms with Crippen LogP contribution in [0.5, 0.6) is 5.75 Å². The summed E-state index contributed by atoms with van der Waals surface area (Å²) in [6, 6.07) is 15.8. The van der Waals surface area contributed by atoms with Crippen LogP contribution < -0.4 is 20.7 Å². The lowest BCUT2D eigenvalue weighted by atomic mass is 10.0. The summed E-state index contributed by atoms with van der Waals surface area (Å²) < 4.78 is 5.46. The molecule has 0 spiro atoms. The fraction of sp³-hybridized carbons (Fsp3) is 0.292. The van der Waals surface area contributed by atoms with Crippen LogP contribution in [0.3, 0.4) is 0 Å². The monoisotopic (exact) mass is 419 g/mol. The topological polar surface area (TPSA) is 88.2 Å². The molecule has 2 amide bonds. The van der Waals surface area contributed by atoms with Crippen molar-refractivity contribution < 1.29 is 9.53 Å². The van der Waals surface area contributed by atoms with Crippen LogP contribution in [0.4, 0.5) is 16.3 Å². The molecule has 0 aliphatic carbocycles. The van der Waals surface area contributed by atoms with Gasteiger partial charge >= 0.3 is 6.03 Å². The van der Waals surface area contributed by atoms with Crippen LogP contribution in [0.15, 0.2) is 60.9 Å². The molecule has 0 saturated carbocycles. The highest BCUT2D eigenvalue weighted by atomic mass is 16.5. The molecule has 0 bridgehead atoms. The number of nitrogens with one attached hydrogen (secondary N) is 3. The molecule has 0 fully saturated rings. The molecule has 3 rings (SSSR count). The number of benzene rings is 2. The van der Waals surface area contributed by atoms with Crippen LogP contribution in [0, 0.1) is 0 Å². The van der Waals surface area contributed by atoms with Crippen molar-refractivity contribution in [3.05, 3.63) is 66.5 Å². The van der Waals surface area contributed by atoms with E-state index in [0.29, 0.717) is 23.8 Å². The van der Waals surface area contributed by atoms with E-state index in [0.717, 1.165) is 24.1 Å². The van der Waals surface area contributed by atoms with Gasteiger partial charge in [-0.25, -0.2) is 9.78 Å². The number of aromatic nitrogens is 2. The lowest BCUT2D eigenvalue weighted by Crippen LogP contribution is -2.28. The SMILES string of the molecule is CCC[C@H](Nc1cncc(-c2ccc(NC(=O)NCC)c(OC)c2)n1)c1ccccc1. The molecule has 1 aromatic heterocycles. The van der Waals surface area contributed by atoms with E-state index in [-0.39, 0.29) is 12.1 Å². The first kappa shape index (κ1) is 22.1. The molecule has 0 aliphatic heterocycles. The highest BCUT2D eigenvalue weighted by Crippen LogP contribution is 2.31. The van der Waals surface area contributed by atoms with E-state index in [1.165, 1.54) is 5.56 Å². The molecular formula is C24H29N5O2. The Labute approximate surface area is 183 Å². The molecule has 0 unspecified atom stereocenters. The summed E-state index contributed by atoms with van der Waals surface area (Å²) >= 11 is 0. The summed E-state index contributed by atoms with van der Waals surface area (Å²) in [6.07, 6.45) is 5.49. The Morgan fingerprint density at radius 3 is 2.61 bits per heavy atom. The average molecular weight is 420 g/mol. The highest BCUT2D eigenvalue weighted by Gasteiger charge is 2.13. The van der Waals surface area contributed by atoms with E-state index >= 15 is 0 Å². The first-order valence-corrected chi connectivity index (χ1v) is 10.5. The second-order valence-corrected chi connectivity index (χ2v) is 7.09. The molecule has 7 heteroatoms. The van der Waals surface area contributed by atoms with Gasteiger partial charge in [0.1, 0.15) is 11.6 Å². The number of rotatable bonds is 9. The summed E-state index contributed by atoms with van der Waals surface area (Å²) in [5.41, 5.74) is 3.38. The van der Waals surface area contributed by atoms with Crippen LogP contribution in [0.1, 0.15) is 38.3 Å². The third-order valence-corrected chi connectivity index (χ3v) is 4.82. The minimum atomic E-state index is -0.276. The van der Waals surface area contributed by atoms with Gasteiger partial charge < -0.3 is 20.7 Å². The molecule has 2 aromatic carbocycles. The van der Waals surface area contributed by atoms with Crippen molar-refractivity contribution in [2.75, 3.05) is 24.3 Å². The van der Waals surface area contributed by atoms with E-state index < -0.39 is 0 Å². The number of urea groups is 1. The summed E-state index contributed by atoms with van der Waals surface area (Å²) in [5, 5.41) is 9.01. The Bertz CT molecular complexity index is 994. The second kappa shape index (κ2) is 11.0. The second-order valence-electron chi connectivity index (χ2n) is 7.09. The van der Waals surface area contributed by atoms with Crippen molar-refractivity contribution in [1.29, 1.82) is 0 Å². The zero-order valence-corrected chi connectivity index (χ0v) is 18.2. The predicted octanol–water partition coefficient (Wildman–Crippen LogP) is 5.25. The zero-order valence-electron chi connectivity index (χ0n) is 18.2. The first-order valence-electron chi connectivity index (χ1n) is 10.5. The normalized spacial score (nSPS) is 11.5. The van der Waals surface area contributed by atoms with Gasteiger partial charge in [-0.3, -0.25) is 4.98 Å². The zero-order chi connectivity index (χ0) is 22.1. The molecule has 0 saturated heterocycles. The van der Waals surface area contributed by atoms with Crippen LogP contribution in [0.25, 0.3) is 11.3 Å².